The van der Waals surface area contributed by atoms with E-state index in [4.69, 9.17) is 5.73 Å². The van der Waals surface area contributed by atoms with Crippen LogP contribution in [0.15, 0.2) is 0 Å². The van der Waals surface area contributed by atoms with Gasteiger partial charge >= 0.3 is 0 Å². The van der Waals surface area contributed by atoms with Crippen molar-refractivity contribution in [3.63, 3.8) is 0 Å². The molecule has 0 rings (SSSR count). The number of hydrogen-bond donors (Lipinski definition) is 1. The Labute approximate surface area is 43.3 Å². The lowest BCUT2D eigenvalue weighted by molar-refractivity contribution is -0.288. The fourth-order valence-electron chi connectivity index (χ4n) is 0.190. The summed E-state index contributed by atoms with van der Waals surface area (Å²) in [6, 6.07) is 0. The van der Waals surface area contributed by atoms with Gasteiger partial charge in [0.2, 0.25) is 0 Å². The fraction of sp³-hybridized carbons (Fsp3) is 1.00. The van der Waals surface area contributed by atoms with Crippen LogP contribution < -0.4 is 5.73 Å². The molecule has 0 aliphatic rings. The molecule has 7 heavy (non-hydrogen) atoms. The number of nitrogens with two attached hydrogens (primary N) is 1. The third kappa shape index (κ3) is 5.88. The molecule has 3 nitrogen and oxygen atoms in total. The molecule has 0 aromatic rings. The molecule has 0 radical (unpaired) electrons. The van der Waals surface area contributed by atoms with E-state index in [0.717, 1.165) is 0 Å². The lowest BCUT2D eigenvalue weighted by Crippen LogP contribution is -2.08. The normalized spacial score (nSPS) is 9.43. The van der Waals surface area contributed by atoms with Crippen LogP contribution in [0.3, 0.4) is 0 Å². The van der Waals surface area contributed by atoms with E-state index in [9.17, 15) is 0 Å². The first kappa shape index (κ1) is 6.88. The molecular formula is C4H11NO2. The van der Waals surface area contributed by atoms with Crippen LogP contribution in [0, 0.1) is 0 Å². The summed E-state index contributed by atoms with van der Waals surface area (Å²) in [5.41, 5.74) is 5.06. The van der Waals surface area contributed by atoms with Crippen LogP contribution in [0.2, 0.25) is 0 Å². The molecule has 0 unspecified atom stereocenters. The van der Waals surface area contributed by atoms with Gasteiger partial charge in [-0.2, -0.15) is 0 Å². The van der Waals surface area contributed by atoms with E-state index >= 15 is 0 Å². The van der Waals surface area contributed by atoms with Gasteiger partial charge in [0.25, 0.3) is 0 Å². The Morgan fingerprint density at radius 2 is 2.14 bits per heavy atom. The van der Waals surface area contributed by atoms with Crippen molar-refractivity contribution in [2.24, 2.45) is 5.73 Å². The van der Waals surface area contributed by atoms with Gasteiger partial charge in [-0.25, -0.2) is 9.78 Å². The average Bonchev–Trinajstić information content (AvgIpc) is 1.69. The molecule has 0 fully saturated rings. The van der Waals surface area contributed by atoms with Crippen LogP contribution in [0.4, 0.5) is 0 Å². The van der Waals surface area contributed by atoms with E-state index in [1.807, 2.05) is 6.92 Å². The lowest BCUT2D eigenvalue weighted by atomic mass is 10.8. The molecular weight excluding hydrogens is 94.0 g/mol. The molecule has 0 saturated carbocycles. The zero-order valence-electron chi connectivity index (χ0n) is 4.52. The van der Waals surface area contributed by atoms with Crippen molar-refractivity contribution in [2.75, 3.05) is 19.8 Å². The first-order chi connectivity index (χ1) is 3.41. The topological polar surface area (TPSA) is 44.5 Å². The van der Waals surface area contributed by atoms with Crippen LogP contribution in [-0.4, -0.2) is 19.8 Å². The number of hydrogen-bond acceptors (Lipinski definition) is 3. The maximum atomic E-state index is 5.06. The summed E-state index contributed by atoms with van der Waals surface area (Å²) in [5, 5.41) is 0. The molecule has 0 aromatic heterocycles. The highest BCUT2D eigenvalue weighted by molar-refractivity contribution is 4.21. The highest BCUT2D eigenvalue weighted by atomic mass is 17.2. The van der Waals surface area contributed by atoms with E-state index in [0.29, 0.717) is 19.8 Å². The van der Waals surface area contributed by atoms with Crippen molar-refractivity contribution >= 4 is 0 Å². The van der Waals surface area contributed by atoms with E-state index in [1.165, 1.54) is 0 Å². The molecule has 2 N–H and O–H groups in total. The van der Waals surface area contributed by atoms with Gasteiger partial charge in [-0.1, -0.05) is 0 Å². The summed E-state index contributed by atoms with van der Waals surface area (Å²) < 4.78 is 0. The molecule has 0 atom stereocenters. The maximum Gasteiger partial charge on any atom is 0.0944 e. The highest BCUT2D eigenvalue weighted by Crippen LogP contribution is 1.72. The highest BCUT2D eigenvalue weighted by Gasteiger charge is 1.77. The van der Waals surface area contributed by atoms with E-state index in [-0.39, 0.29) is 0 Å². The zero-order valence-corrected chi connectivity index (χ0v) is 4.52. The quantitative estimate of drug-likeness (QED) is 0.309. The summed E-state index contributed by atoms with van der Waals surface area (Å²) in [7, 11) is 0. The SMILES string of the molecule is CCOOCCN. The van der Waals surface area contributed by atoms with Crippen LogP contribution >= 0.6 is 0 Å². The van der Waals surface area contributed by atoms with Crippen LogP contribution in [0.5, 0.6) is 0 Å². The van der Waals surface area contributed by atoms with Crippen molar-refractivity contribution in [3.05, 3.63) is 0 Å². The fourth-order valence-corrected chi connectivity index (χ4v) is 0.190. The molecule has 0 spiro atoms. The van der Waals surface area contributed by atoms with Crippen molar-refractivity contribution in [3.8, 4) is 0 Å². The van der Waals surface area contributed by atoms with Gasteiger partial charge in [0.05, 0.1) is 13.2 Å². The second-order valence-electron chi connectivity index (χ2n) is 1.02. The van der Waals surface area contributed by atoms with E-state index in [1.54, 1.807) is 0 Å². The summed E-state index contributed by atoms with van der Waals surface area (Å²) in [6.45, 7) is 3.43. The maximum absolute atomic E-state index is 5.06. The van der Waals surface area contributed by atoms with Crippen molar-refractivity contribution in [1.82, 2.24) is 0 Å². The predicted molar refractivity (Wildman–Crippen MR) is 26.6 cm³/mol. The summed E-state index contributed by atoms with van der Waals surface area (Å²) in [4.78, 5) is 9.00. The van der Waals surface area contributed by atoms with Gasteiger partial charge in [0.15, 0.2) is 0 Å². The minimum Gasteiger partial charge on any atom is -0.328 e. The molecule has 0 aliphatic carbocycles. The Kier molecular flexibility index (Phi) is 5.78. The van der Waals surface area contributed by atoms with Gasteiger partial charge in [-0.3, -0.25) is 0 Å². The third-order valence-corrected chi connectivity index (χ3v) is 0.402. The number of rotatable bonds is 4. The molecule has 0 saturated heterocycles. The molecule has 3 heteroatoms. The molecule has 0 bridgehead atoms. The minimum absolute atomic E-state index is 0.480. The zero-order chi connectivity index (χ0) is 5.54. The Hall–Kier alpha value is -0.120. The standard InChI is InChI=1S/C4H11NO2/c1-2-6-7-4-3-5/h2-5H2,1H3. The lowest BCUT2D eigenvalue weighted by Gasteiger charge is -1.95. The van der Waals surface area contributed by atoms with Gasteiger partial charge in [-0.05, 0) is 6.92 Å². The van der Waals surface area contributed by atoms with Crippen molar-refractivity contribution in [2.45, 2.75) is 6.92 Å². The molecule has 0 heterocycles. The van der Waals surface area contributed by atoms with E-state index < -0.39 is 0 Å². The third-order valence-electron chi connectivity index (χ3n) is 0.402. The van der Waals surface area contributed by atoms with Crippen LogP contribution in [0.1, 0.15) is 6.92 Å². The largest absolute Gasteiger partial charge is 0.328 e. The van der Waals surface area contributed by atoms with E-state index in [2.05, 4.69) is 9.78 Å². The van der Waals surface area contributed by atoms with Gasteiger partial charge in [0, 0.05) is 6.54 Å². The Balaban J connectivity index is 2.45. The second-order valence-corrected chi connectivity index (χ2v) is 1.02. The van der Waals surface area contributed by atoms with Crippen LogP contribution in [-0.2, 0) is 9.78 Å². The van der Waals surface area contributed by atoms with Crippen molar-refractivity contribution < 1.29 is 9.78 Å². The Morgan fingerprint density at radius 3 is 2.57 bits per heavy atom. The second kappa shape index (κ2) is 5.88. The van der Waals surface area contributed by atoms with Crippen molar-refractivity contribution in [1.29, 1.82) is 0 Å². The summed E-state index contributed by atoms with van der Waals surface area (Å²) in [5.74, 6) is 0. The van der Waals surface area contributed by atoms with Gasteiger partial charge in [0.1, 0.15) is 0 Å². The first-order valence-electron chi connectivity index (χ1n) is 2.36. The Morgan fingerprint density at radius 1 is 1.43 bits per heavy atom. The van der Waals surface area contributed by atoms with Gasteiger partial charge in [-0.15, -0.1) is 0 Å². The molecule has 44 valence electrons. The predicted octanol–water partition coefficient (Wildman–Crippen LogP) is -0.0868. The van der Waals surface area contributed by atoms with Gasteiger partial charge < -0.3 is 5.73 Å². The summed E-state index contributed by atoms with van der Waals surface area (Å²) >= 11 is 0. The Bertz CT molecular complexity index is 28.9. The smallest absolute Gasteiger partial charge is 0.0944 e. The summed E-state index contributed by atoms with van der Waals surface area (Å²) in [6.07, 6.45) is 0. The molecule has 0 amide bonds. The molecule has 0 aliphatic heterocycles. The monoisotopic (exact) mass is 105 g/mol. The minimum atomic E-state index is 0.480. The molecule has 0 aromatic carbocycles. The average molecular weight is 105 g/mol. The first-order valence-corrected chi connectivity index (χ1v) is 2.36. The van der Waals surface area contributed by atoms with Crippen LogP contribution in [0.25, 0.3) is 0 Å².